The van der Waals surface area contributed by atoms with Gasteiger partial charge in [0.25, 0.3) is 0 Å². The molecule has 1 aromatic heterocycles. The predicted octanol–water partition coefficient (Wildman–Crippen LogP) is 5.30. The molecular formula is C27H27N5. The van der Waals surface area contributed by atoms with Gasteiger partial charge in [0.15, 0.2) is 5.82 Å². The van der Waals surface area contributed by atoms with Crippen LogP contribution in [-0.4, -0.2) is 18.1 Å². The van der Waals surface area contributed by atoms with Crippen LogP contribution in [0.15, 0.2) is 66.7 Å². The van der Waals surface area contributed by atoms with Gasteiger partial charge in [0.05, 0.1) is 11.2 Å². The number of aromatic nitrogens is 1. The van der Waals surface area contributed by atoms with Gasteiger partial charge in [-0.2, -0.15) is 5.26 Å². The maximum absolute atomic E-state index is 10.3. The summed E-state index contributed by atoms with van der Waals surface area (Å²) in [5, 5.41) is 14.0. The lowest BCUT2D eigenvalue weighted by Crippen LogP contribution is -2.36. The summed E-state index contributed by atoms with van der Waals surface area (Å²) in [4.78, 5) is 6.99. The van der Waals surface area contributed by atoms with Crippen LogP contribution in [0.1, 0.15) is 48.4 Å². The summed E-state index contributed by atoms with van der Waals surface area (Å²) >= 11 is 0. The molecule has 1 fully saturated rings. The van der Waals surface area contributed by atoms with Crippen LogP contribution in [0.2, 0.25) is 0 Å². The number of benzene rings is 2. The Morgan fingerprint density at radius 3 is 2.31 bits per heavy atom. The van der Waals surface area contributed by atoms with Crippen LogP contribution >= 0.6 is 0 Å². The highest BCUT2D eigenvalue weighted by Crippen LogP contribution is 2.47. The zero-order chi connectivity index (χ0) is 22.1. The molecule has 0 saturated carbocycles. The lowest BCUT2D eigenvalue weighted by atomic mass is 9.81. The number of piperidine rings is 1. The molecule has 5 nitrogen and oxygen atoms in total. The van der Waals surface area contributed by atoms with Gasteiger partial charge >= 0.3 is 0 Å². The molecule has 1 unspecified atom stereocenters. The van der Waals surface area contributed by atoms with Crippen molar-refractivity contribution in [2.75, 3.05) is 29.0 Å². The molecule has 0 amide bonds. The minimum atomic E-state index is -0.502. The molecule has 2 aromatic carbocycles. The van der Waals surface area contributed by atoms with Gasteiger partial charge in [0, 0.05) is 18.7 Å². The van der Waals surface area contributed by atoms with Crippen molar-refractivity contribution in [3.05, 3.63) is 89.0 Å². The van der Waals surface area contributed by atoms with Gasteiger partial charge in [-0.1, -0.05) is 60.7 Å². The van der Waals surface area contributed by atoms with Gasteiger partial charge in [0.1, 0.15) is 17.5 Å². The number of hydrogen-bond acceptors (Lipinski definition) is 5. The molecule has 160 valence electrons. The molecule has 5 rings (SSSR count). The van der Waals surface area contributed by atoms with Crippen LogP contribution in [0.3, 0.4) is 0 Å². The van der Waals surface area contributed by atoms with E-state index in [1.165, 1.54) is 6.42 Å². The van der Waals surface area contributed by atoms with E-state index in [0.29, 0.717) is 17.2 Å². The van der Waals surface area contributed by atoms with E-state index >= 15 is 0 Å². The first-order chi connectivity index (χ1) is 15.6. The van der Waals surface area contributed by atoms with Crippen molar-refractivity contribution < 1.29 is 0 Å². The molecule has 3 heterocycles. The Balaban J connectivity index is 1.76. The van der Waals surface area contributed by atoms with Crippen molar-refractivity contribution in [2.24, 2.45) is 0 Å². The molecule has 0 radical (unpaired) electrons. The van der Waals surface area contributed by atoms with Crippen molar-refractivity contribution in [3.8, 4) is 6.07 Å². The molecule has 32 heavy (non-hydrogen) atoms. The zero-order valence-electron chi connectivity index (χ0n) is 18.3. The molecule has 5 heteroatoms. The molecule has 3 aromatic rings. The third-order valence-electron chi connectivity index (χ3n) is 6.52. The average molecular weight is 422 g/mol. The number of pyridine rings is 1. The van der Waals surface area contributed by atoms with Crippen LogP contribution < -0.4 is 16.0 Å². The Bertz CT molecular complexity index is 1200. The van der Waals surface area contributed by atoms with Crippen LogP contribution in [0, 0.1) is 11.3 Å². The van der Waals surface area contributed by atoms with Crippen molar-refractivity contribution in [2.45, 2.75) is 31.7 Å². The van der Waals surface area contributed by atoms with Crippen molar-refractivity contribution >= 4 is 22.9 Å². The molecule has 2 aliphatic rings. The quantitative estimate of drug-likeness (QED) is 0.600. The zero-order valence-corrected chi connectivity index (χ0v) is 18.3. The molecule has 0 aliphatic carbocycles. The fourth-order valence-corrected chi connectivity index (χ4v) is 4.87. The molecule has 3 N–H and O–H groups in total. The lowest BCUT2D eigenvalue weighted by Gasteiger charge is -2.38. The first kappa shape index (κ1) is 20.1. The summed E-state index contributed by atoms with van der Waals surface area (Å²) in [6, 6.07) is 23.0. The number of nitriles is 1. The lowest BCUT2D eigenvalue weighted by molar-refractivity contribution is 0.573. The predicted molar refractivity (Wildman–Crippen MR) is 130 cm³/mol. The van der Waals surface area contributed by atoms with E-state index in [9.17, 15) is 5.26 Å². The van der Waals surface area contributed by atoms with Crippen LogP contribution in [-0.2, 0) is 5.54 Å². The van der Waals surface area contributed by atoms with Gasteiger partial charge < -0.3 is 16.0 Å². The number of hydrogen-bond donors (Lipinski definition) is 2. The van der Waals surface area contributed by atoms with Gasteiger partial charge in [-0.05, 0) is 49.0 Å². The summed E-state index contributed by atoms with van der Waals surface area (Å²) < 4.78 is 0. The summed E-state index contributed by atoms with van der Waals surface area (Å²) in [5.74, 6) is 1.15. The summed E-state index contributed by atoms with van der Waals surface area (Å²) in [6.07, 6.45) is 5.63. The standard InChI is InChI=1S/C27H27N5/c1-27(20-13-7-3-8-14-20)17-21(19-11-5-2-6-12-19)23-24(31-27)22(18-28)26(30-25(23)29)32-15-9-4-10-16-32/h2-3,5-8,11-14,17,31H,4,9-10,15-16H2,1H3,(H2,29,30). The van der Waals surface area contributed by atoms with Crippen molar-refractivity contribution in [3.63, 3.8) is 0 Å². The Kier molecular flexibility index (Phi) is 5.07. The Morgan fingerprint density at radius 2 is 1.66 bits per heavy atom. The highest BCUT2D eigenvalue weighted by Gasteiger charge is 2.35. The van der Waals surface area contributed by atoms with E-state index < -0.39 is 5.54 Å². The number of anilines is 3. The number of rotatable bonds is 3. The van der Waals surface area contributed by atoms with Crippen LogP contribution in [0.4, 0.5) is 17.3 Å². The average Bonchev–Trinajstić information content (AvgIpc) is 2.85. The fraction of sp³-hybridized carbons (Fsp3) is 0.259. The van der Waals surface area contributed by atoms with E-state index in [4.69, 9.17) is 10.7 Å². The highest BCUT2D eigenvalue weighted by atomic mass is 15.2. The largest absolute Gasteiger partial charge is 0.383 e. The molecule has 2 aliphatic heterocycles. The summed E-state index contributed by atoms with van der Waals surface area (Å²) in [5.41, 5.74) is 11.4. The van der Waals surface area contributed by atoms with E-state index in [0.717, 1.165) is 53.9 Å². The fourth-order valence-electron chi connectivity index (χ4n) is 4.87. The first-order valence-corrected chi connectivity index (χ1v) is 11.2. The highest BCUT2D eigenvalue weighted by molar-refractivity contribution is 5.97. The smallest absolute Gasteiger partial charge is 0.151 e. The van der Waals surface area contributed by atoms with Gasteiger partial charge in [-0.15, -0.1) is 0 Å². The van der Waals surface area contributed by atoms with Gasteiger partial charge in [-0.3, -0.25) is 0 Å². The van der Waals surface area contributed by atoms with Crippen molar-refractivity contribution in [1.29, 1.82) is 5.26 Å². The second-order valence-electron chi connectivity index (χ2n) is 8.72. The van der Waals surface area contributed by atoms with E-state index in [1.807, 2.05) is 36.4 Å². The normalized spacial score (nSPS) is 20.0. The van der Waals surface area contributed by atoms with E-state index in [2.05, 4.69) is 53.6 Å². The van der Waals surface area contributed by atoms with Gasteiger partial charge in [0.2, 0.25) is 0 Å². The third kappa shape index (κ3) is 3.38. The molecule has 1 saturated heterocycles. The molecule has 0 spiro atoms. The Labute approximate surface area is 189 Å². The second-order valence-corrected chi connectivity index (χ2v) is 8.72. The maximum atomic E-state index is 10.3. The number of nitrogens with two attached hydrogens (primary N) is 1. The molecular weight excluding hydrogens is 394 g/mol. The van der Waals surface area contributed by atoms with Crippen molar-refractivity contribution in [1.82, 2.24) is 4.98 Å². The number of fused-ring (bicyclic) bond motifs is 1. The second kappa shape index (κ2) is 8.05. The number of nitrogens with one attached hydrogen (secondary N) is 1. The molecule has 0 bridgehead atoms. The Hall–Kier alpha value is -3.78. The summed E-state index contributed by atoms with van der Waals surface area (Å²) in [7, 11) is 0. The van der Waals surface area contributed by atoms with E-state index in [-0.39, 0.29) is 0 Å². The summed E-state index contributed by atoms with van der Waals surface area (Å²) in [6.45, 7) is 3.95. The minimum Gasteiger partial charge on any atom is -0.383 e. The number of nitrogens with zero attached hydrogens (tertiary/aromatic N) is 3. The van der Waals surface area contributed by atoms with E-state index in [1.54, 1.807) is 0 Å². The minimum absolute atomic E-state index is 0.456. The maximum Gasteiger partial charge on any atom is 0.151 e. The Morgan fingerprint density at radius 1 is 1.00 bits per heavy atom. The SMILES string of the molecule is CC1(c2ccccc2)C=C(c2ccccc2)c2c(N)nc(N3CCCCC3)c(C#N)c2N1. The molecule has 1 atom stereocenters. The monoisotopic (exact) mass is 421 g/mol. The number of nitrogen functional groups attached to an aromatic ring is 1. The van der Waals surface area contributed by atoms with Crippen LogP contribution in [0.25, 0.3) is 5.57 Å². The van der Waals surface area contributed by atoms with Gasteiger partial charge in [-0.25, -0.2) is 4.98 Å². The first-order valence-electron chi connectivity index (χ1n) is 11.2. The van der Waals surface area contributed by atoms with Crippen LogP contribution in [0.5, 0.6) is 0 Å². The third-order valence-corrected chi connectivity index (χ3v) is 6.52. The topological polar surface area (TPSA) is 78.0 Å².